The number of hydrogen-bond donors (Lipinski definition) is 2. The van der Waals surface area contributed by atoms with Crippen LogP contribution < -0.4 is 11.1 Å². The van der Waals surface area contributed by atoms with Crippen molar-refractivity contribution in [2.45, 2.75) is 0 Å². The summed E-state index contributed by atoms with van der Waals surface area (Å²) in [4.78, 5) is 4.14. The van der Waals surface area contributed by atoms with Gasteiger partial charge in [0.25, 0.3) is 0 Å². The average Bonchev–Trinajstić information content (AvgIpc) is 2.06. The summed E-state index contributed by atoms with van der Waals surface area (Å²) in [6.07, 6.45) is 3.70. The van der Waals surface area contributed by atoms with Crippen LogP contribution in [0.4, 0.5) is 5.82 Å². The lowest BCUT2D eigenvalue weighted by Crippen LogP contribution is -2.13. The second-order valence-corrected chi connectivity index (χ2v) is 2.44. The standard InChI is InChI=1S/C8H9N3/c9-7-3-5-11-8-6(7)2-1-4-10-8/h1-4H,5,9H2,(H,10,11). The summed E-state index contributed by atoms with van der Waals surface area (Å²) in [6, 6.07) is 3.84. The van der Waals surface area contributed by atoms with Crippen LogP contribution in [-0.2, 0) is 0 Å². The zero-order valence-electron chi connectivity index (χ0n) is 6.04. The molecule has 2 heterocycles. The summed E-state index contributed by atoms with van der Waals surface area (Å²) in [6.45, 7) is 0.774. The van der Waals surface area contributed by atoms with Crippen molar-refractivity contribution >= 4 is 11.5 Å². The minimum absolute atomic E-state index is 0.774. The highest BCUT2D eigenvalue weighted by Crippen LogP contribution is 2.20. The number of nitrogens with one attached hydrogen (secondary N) is 1. The van der Waals surface area contributed by atoms with E-state index in [9.17, 15) is 0 Å². The fraction of sp³-hybridized carbons (Fsp3) is 0.125. The highest BCUT2D eigenvalue weighted by atomic mass is 15.0. The Morgan fingerprint density at radius 1 is 1.55 bits per heavy atom. The molecule has 0 saturated carbocycles. The van der Waals surface area contributed by atoms with Crippen LogP contribution in [-0.4, -0.2) is 11.5 Å². The van der Waals surface area contributed by atoms with E-state index in [2.05, 4.69) is 10.3 Å². The Balaban J connectivity index is 2.56. The third kappa shape index (κ3) is 0.941. The van der Waals surface area contributed by atoms with Crippen molar-refractivity contribution in [3.05, 3.63) is 30.0 Å². The normalized spacial score (nSPS) is 14.7. The number of hydrogen-bond acceptors (Lipinski definition) is 3. The van der Waals surface area contributed by atoms with Crippen molar-refractivity contribution < 1.29 is 0 Å². The van der Waals surface area contributed by atoms with Crippen LogP contribution in [0, 0.1) is 0 Å². The van der Waals surface area contributed by atoms with Gasteiger partial charge in [-0.05, 0) is 18.2 Å². The average molecular weight is 147 g/mol. The van der Waals surface area contributed by atoms with Crippen molar-refractivity contribution in [1.29, 1.82) is 0 Å². The third-order valence-electron chi connectivity index (χ3n) is 1.71. The topological polar surface area (TPSA) is 50.9 Å². The number of anilines is 1. The van der Waals surface area contributed by atoms with Gasteiger partial charge in [0.15, 0.2) is 0 Å². The van der Waals surface area contributed by atoms with E-state index in [1.54, 1.807) is 6.20 Å². The second-order valence-electron chi connectivity index (χ2n) is 2.44. The summed E-state index contributed by atoms with van der Waals surface area (Å²) in [5, 5.41) is 3.13. The Morgan fingerprint density at radius 3 is 3.27 bits per heavy atom. The van der Waals surface area contributed by atoms with Gasteiger partial charge in [-0.25, -0.2) is 4.98 Å². The Bertz CT molecular complexity index is 304. The van der Waals surface area contributed by atoms with E-state index in [-0.39, 0.29) is 0 Å². The maximum Gasteiger partial charge on any atom is 0.135 e. The van der Waals surface area contributed by atoms with Gasteiger partial charge in [-0.3, -0.25) is 0 Å². The predicted molar refractivity (Wildman–Crippen MR) is 44.9 cm³/mol. The van der Waals surface area contributed by atoms with Gasteiger partial charge < -0.3 is 11.1 Å². The van der Waals surface area contributed by atoms with Gasteiger partial charge in [0.2, 0.25) is 0 Å². The molecule has 0 bridgehead atoms. The molecule has 2 rings (SSSR count). The Labute approximate surface area is 64.9 Å². The fourth-order valence-electron chi connectivity index (χ4n) is 1.15. The first-order valence-electron chi connectivity index (χ1n) is 3.53. The molecule has 0 radical (unpaired) electrons. The summed E-state index contributed by atoms with van der Waals surface area (Å²) >= 11 is 0. The van der Waals surface area contributed by atoms with Crippen LogP contribution in [0.1, 0.15) is 5.56 Å². The molecule has 3 nitrogen and oxygen atoms in total. The van der Waals surface area contributed by atoms with Gasteiger partial charge in [0, 0.05) is 24.0 Å². The molecule has 1 aliphatic rings. The zero-order chi connectivity index (χ0) is 7.68. The summed E-state index contributed by atoms with van der Waals surface area (Å²) in [5.74, 6) is 0.882. The number of nitrogens with zero attached hydrogens (tertiary/aromatic N) is 1. The minimum Gasteiger partial charge on any atom is -0.398 e. The van der Waals surface area contributed by atoms with Crippen LogP contribution >= 0.6 is 0 Å². The van der Waals surface area contributed by atoms with Crippen LogP contribution in [0.15, 0.2) is 24.4 Å². The van der Waals surface area contributed by atoms with Crippen molar-refractivity contribution in [3.63, 3.8) is 0 Å². The first-order chi connectivity index (χ1) is 5.38. The van der Waals surface area contributed by atoms with Crippen LogP contribution in [0.2, 0.25) is 0 Å². The van der Waals surface area contributed by atoms with Crippen LogP contribution in [0.3, 0.4) is 0 Å². The van der Waals surface area contributed by atoms with Gasteiger partial charge in [-0.1, -0.05) is 0 Å². The molecule has 0 unspecified atom stereocenters. The predicted octanol–water partition coefficient (Wildman–Crippen LogP) is 0.807. The van der Waals surface area contributed by atoms with Gasteiger partial charge >= 0.3 is 0 Å². The Kier molecular flexibility index (Phi) is 1.28. The SMILES string of the molecule is NC1=CCNc2ncccc21. The third-order valence-corrected chi connectivity index (χ3v) is 1.71. The molecular formula is C8H9N3. The first-order valence-corrected chi connectivity index (χ1v) is 3.53. The number of pyridine rings is 1. The lowest BCUT2D eigenvalue weighted by Gasteiger charge is -2.14. The maximum atomic E-state index is 5.73. The Hall–Kier alpha value is -1.51. The molecule has 0 fully saturated rings. The summed E-state index contributed by atoms with van der Waals surface area (Å²) < 4.78 is 0. The number of nitrogens with two attached hydrogens (primary N) is 1. The molecule has 0 aliphatic carbocycles. The molecule has 0 saturated heterocycles. The molecule has 0 aromatic carbocycles. The van der Waals surface area contributed by atoms with Crippen molar-refractivity contribution in [3.8, 4) is 0 Å². The number of rotatable bonds is 0. The summed E-state index contributed by atoms with van der Waals surface area (Å²) in [5.41, 5.74) is 7.54. The molecule has 1 aromatic heterocycles. The van der Waals surface area contributed by atoms with E-state index >= 15 is 0 Å². The molecule has 56 valence electrons. The zero-order valence-corrected chi connectivity index (χ0v) is 6.04. The van der Waals surface area contributed by atoms with E-state index in [1.807, 2.05) is 18.2 Å². The van der Waals surface area contributed by atoms with Gasteiger partial charge in [-0.15, -0.1) is 0 Å². The second kappa shape index (κ2) is 2.27. The molecule has 0 atom stereocenters. The molecular weight excluding hydrogens is 138 g/mol. The highest BCUT2D eigenvalue weighted by Gasteiger charge is 2.08. The molecule has 0 amide bonds. The first kappa shape index (κ1) is 6.22. The van der Waals surface area contributed by atoms with Gasteiger partial charge in [-0.2, -0.15) is 0 Å². The van der Waals surface area contributed by atoms with Crippen molar-refractivity contribution in [1.82, 2.24) is 4.98 Å². The lowest BCUT2D eigenvalue weighted by molar-refractivity contribution is 1.18. The molecule has 11 heavy (non-hydrogen) atoms. The fourth-order valence-corrected chi connectivity index (χ4v) is 1.15. The maximum absolute atomic E-state index is 5.73. The van der Waals surface area contributed by atoms with E-state index in [4.69, 9.17) is 5.73 Å². The van der Waals surface area contributed by atoms with E-state index < -0.39 is 0 Å². The van der Waals surface area contributed by atoms with Gasteiger partial charge in [0.1, 0.15) is 5.82 Å². The molecule has 1 aliphatic heterocycles. The number of fused-ring (bicyclic) bond motifs is 1. The highest BCUT2D eigenvalue weighted by molar-refractivity contribution is 5.74. The van der Waals surface area contributed by atoms with E-state index in [1.165, 1.54) is 0 Å². The van der Waals surface area contributed by atoms with E-state index in [0.717, 1.165) is 23.6 Å². The summed E-state index contributed by atoms with van der Waals surface area (Å²) in [7, 11) is 0. The smallest absolute Gasteiger partial charge is 0.135 e. The van der Waals surface area contributed by atoms with Crippen molar-refractivity contribution in [2.24, 2.45) is 5.73 Å². The molecule has 1 aromatic rings. The molecule has 3 N–H and O–H groups in total. The van der Waals surface area contributed by atoms with Crippen LogP contribution in [0.5, 0.6) is 0 Å². The quantitative estimate of drug-likeness (QED) is 0.571. The monoisotopic (exact) mass is 147 g/mol. The van der Waals surface area contributed by atoms with Crippen LogP contribution in [0.25, 0.3) is 5.70 Å². The largest absolute Gasteiger partial charge is 0.398 e. The number of aromatic nitrogens is 1. The van der Waals surface area contributed by atoms with Gasteiger partial charge in [0.05, 0.1) is 0 Å². The van der Waals surface area contributed by atoms with E-state index in [0.29, 0.717) is 0 Å². The lowest BCUT2D eigenvalue weighted by atomic mass is 10.1. The minimum atomic E-state index is 0.774. The Morgan fingerprint density at radius 2 is 2.45 bits per heavy atom. The molecule has 0 spiro atoms. The molecule has 3 heteroatoms. The van der Waals surface area contributed by atoms with Crippen molar-refractivity contribution in [2.75, 3.05) is 11.9 Å².